The van der Waals surface area contributed by atoms with Crippen LogP contribution >= 0.6 is 11.3 Å². The highest BCUT2D eigenvalue weighted by atomic mass is 32.1. The van der Waals surface area contributed by atoms with Crippen molar-refractivity contribution in [1.82, 2.24) is 15.2 Å². The highest BCUT2D eigenvalue weighted by molar-refractivity contribution is 7.13. The Morgan fingerprint density at radius 1 is 1.00 bits per heavy atom. The fourth-order valence-electron chi connectivity index (χ4n) is 3.60. The van der Waals surface area contributed by atoms with E-state index in [4.69, 9.17) is 9.47 Å². The zero-order valence-corrected chi connectivity index (χ0v) is 22.3. The maximum Gasteiger partial charge on any atom is 0.254 e. The van der Waals surface area contributed by atoms with E-state index >= 15 is 0 Å². The molecule has 0 saturated heterocycles. The Hall–Kier alpha value is -3.92. The van der Waals surface area contributed by atoms with E-state index in [1.165, 1.54) is 16.2 Å². The first kappa shape index (κ1) is 27.7. The van der Waals surface area contributed by atoms with Gasteiger partial charge in [0.2, 0.25) is 11.8 Å². The van der Waals surface area contributed by atoms with Gasteiger partial charge >= 0.3 is 0 Å². The number of hydrogen-bond donors (Lipinski definition) is 2. The number of anilines is 1. The van der Waals surface area contributed by atoms with Crippen LogP contribution < -0.4 is 20.1 Å². The first-order chi connectivity index (χ1) is 17.8. The Balaban J connectivity index is 1.47. The van der Waals surface area contributed by atoms with Crippen molar-refractivity contribution in [2.75, 3.05) is 32.6 Å². The van der Waals surface area contributed by atoms with Gasteiger partial charge in [0, 0.05) is 23.5 Å². The minimum Gasteiger partial charge on any atom is -0.493 e. The molecule has 196 valence electrons. The van der Waals surface area contributed by atoms with E-state index in [1.54, 1.807) is 43.9 Å². The zero-order chi connectivity index (χ0) is 26.8. The third kappa shape index (κ3) is 8.04. The molecular formula is C27H32N4O5S. The monoisotopic (exact) mass is 524 g/mol. The summed E-state index contributed by atoms with van der Waals surface area (Å²) in [7, 11) is 3.17. The largest absolute Gasteiger partial charge is 0.493 e. The molecule has 0 atom stereocenters. The maximum absolute atomic E-state index is 12.8. The molecule has 1 aromatic heterocycles. The van der Waals surface area contributed by atoms with Crippen molar-refractivity contribution in [3.63, 3.8) is 0 Å². The molecule has 0 unspecified atom stereocenters. The molecule has 3 amide bonds. The van der Waals surface area contributed by atoms with Crippen LogP contribution in [0.3, 0.4) is 0 Å². The van der Waals surface area contributed by atoms with Gasteiger partial charge in [-0.2, -0.15) is 0 Å². The number of nitrogens with one attached hydrogen (secondary N) is 2. The first-order valence-electron chi connectivity index (χ1n) is 11.9. The first-order valence-corrected chi connectivity index (χ1v) is 12.8. The van der Waals surface area contributed by atoms with Gasteiger partial charge in [0.25, 0.3) is 5.91 Å². The third-order valence-electron chi connectivity index (χ3n) is 5.54. The smallest absolute Gasteiger partial charge is 0.254 e. The number of methoxy groups -OCH3 is 2. The molecule has 0 fully saturated rings. The lowest BCUT2D eigenvalue weighted by atomic mass is 10.1. The molecule has 0 spiro atoms. The lowest BCUT2D eigenvalue weighted by molar-refractivity contribution is -0.120. The van der Waals surface area contributed by atoms with E-state index in [2.05, 4.69) is 15.6 Å². The highest BCUT2D eigenvalue weighted by Crippen LogP contribution is 2.27. The molecule has 0 aliphatic carbocycles. The molecule has 2 aromatic carbocycles. The van der Waals surface area contributed by atoms with Crippen molar-refractivity contribution in [3.05, 3.63) is 70.7 Å². The molecule has 0 aliphatic rings. The summed E-state index contributed by atoms with van der Waals surface area (Å²) in [6.07, 6.45) is 0.738. The number of carbonyl (C=O) groups excluding carboxylic acids is 3. The van der Waals surface area contributed by atoms with Crippen LogP contribution in [0.2, 0.25) is 0 Å². The van der Waals surface area contributed by atoms with Crippen molar-refractivity contribution >= 4 is 34.2 Å². The SMILES string of the molecule is COc1ccc(CCNC(=O)Cc2csc(NC(=O)CN(C(=O)c3ccccc3)C(C)C)n2)cc1OC. The molecule has 0 bridgehead atoms. The standard InChI is InChI=1S/C27H32N4O5S/c1-18(2)31(26(34)20-8-6-5-7-9-20)16-25(33)30-27-29-21(17-37-27)15-24(32)28-13-12-19-10-11-22(35-3)23(14-19)36-4/h5-11,14,17-18H,12-13,15-16H2,1-4H3,(H,28,32)(H,29,30,33). The number of benzene rings is 2. The lowest BCUT2D eigenvalue weighted by Gasteiger charge is -2.26. The molecule has 0 saturated carbocycles. The Bertz CT molecular complexity index is 1210. The summed E-state index contributed by atoms with van der Waals surface area (Å²) in [6.45, 7) is 4.08. The van der Waals surface area contributed by atoms with Gasteiger partial charge in [-0.25, -0.2) is 4.98 Å². The molecule has 3 rings (SSSR count). The van der Waals surface area contributed by atoms with Crippen molar-refractivity contribution in [3.8, 4) is 11.5 Å². The van der Waals surface area contributed by atoms with Crippen molar-refractivity contribution < 1.29 is 23.9 Å². The summed E-state index contributed by atoms with van der Waals surface area (Å²) >= 11 is 1.24. The third-order valence-corrected chi connectivity index (χ3v) is 6.35. The van der Waals surface area contributed by atoms with Crippen molar-refractivity contribution in [2.45, 2.75) is 32.7 Å². The fourth-order valence-corrected chi connectivity index (χ4v) is 4.33. The second kappa shape index (κ2) is 13.4. The molecule has 2 N–H and O–H groups in total. The quantitative estimate of drug-likeness (QED) is 0.375. The van der Waals surface area contributed by atoms with Gasteiger partial charge in [-0.1, -0.05) is 24.3 Å². The van der Waals surface area contributed by atoms with Crippen LogP contribution in [0.25, 0.3) is 0 Å². The van der Waals surface area contributed by atoms with Crippen LogP contribution in [0.1, 0.15) is 35.5 Å². The minimum absolute atomic E-state index is 0.100. The minimum atomic E-state index is -0.349. The van der Waals surface area contributed by atoms with Gasteiger partial charge in [0.15, 0.2) is 16.6 Å². The molecule has 37 heavy (non-hydrogen) atoms. The maximum atomic E-state index is 12.8. The van der Waals surface area contributed by atoms with Gasteiger partial charge < -0.3 is 25.0 Å². The highest BCUT2D eigenvalue weighted by Gasteiger charge is 2.22. The van der Waals surface area contributed by atoms with Gasteiger partial charge in [-0.05, 0) is 50.1 Å². The number of amides is 3. The van der Waals surface area contributed by atoms with E-state index in [0.29, 0.717) is 40.9 Å². The van der Waals surface area contributed by atoms with Crippen molar-refractivity contribution in [2.24, 2.45) is 0 Å². The molecule has 0 radical (unpaired) electrons. The molecule has 1 heterocycles. The average Bonchev–Trinajstić information content (AvgIpc) is 3.33. The lowest BCUT2D eigenvalue weighted by Crippen LogP contribution is -2.42. The second-order valence-electron chi connectivity index (χ2n) is 8.55. The number of aromatic nitrogens is 1. The van der Waals surface area contributed by atoms with Gasteiger partial charge in [0.1, 0.15) is 6.54 Å². The van der Waals surface area contributed by atoms with Gasteiger partial charge in [-0.3, -0.25) is 14.4 Å². The Morgan fingerprint density at radius 3 is 2.41 bits per heavy atom. The number of ether oxygens (including phenoxy) is 2. The van der Waals surface area contributed by atoms with Gasteiger partial charge in [-0.15, -0.1) is 11.3 Å². The van der Waals surface area contributed by atoms with Crippen LogP contribution in [-0.4, -0.2) is 61.0 Å². The Labute approximate surface area is 220 Å². The molecular weight excluding hydrogens is 492 g/mol. The number of nitrogens with zero attached hydrogens (tertiary/aromatic N) is 2. The molecule has 9 nitrogen and oxygen atoms in total. The molecule has 10 heteroatoms. The van der Waals surface area contributed by atoms with Crippen LogP contribution in [-0.2, 0) is 22.4 Å². The Kier molecular flexibility index (Phi) is 10.0. The normalized spacial score (nSPS) is 10.6. The van der Waals surface area contributed by atoms with Crippen LogP contribution in [0.5, 0.6) is 11.5 Å². The number of rotatable bonds is 12. The summed E-state index contributed by atoms with van der Waals surface area (Å²) in [4.78, 5) is 43.7. The topological polar surface area (TPSA) is 110 Å². The fraction of sp³-hybridized carbons (Fsp3) is 0.333. The zero-order valence-electron chi connectivity index (χ0n) is 21.4. The van der Waals surface area contributed by atoms with Crippen LogP contribution in [0, 0.1) is 0 Å². The van der Waals surface area contributed by atoms with E-state index < -0.39 is 0 Å². The summed E-state index contributed by atoms with van der Waals surface area (Å²) in [5.41, 5.74) is 2.10. The van der Waals surface area contributed by atoms with E-state index in [0.717, 1.165) is 5.56 Å². The number of thiazole rings is 1. The number of hydrogen-bond acceptors (Lipinski definition) is 7. The predicted octanol–water partition coefficient (Wildman–Crippen LogP) is 3.55. The second-order valence-corrected chi connectivity index (χ2v) is 9.41. The number of carbonyl (C=O) groups is 3. The van der Waals surface area contributed by atoms with E-state index in [1.807, 2.05) is 38.1 Å². The van der Waals surface area contributed by atoms with Crippen LogP contribution in [0.15, 0.2) is 53.9 Å². The van der Waals surface area contributed by atoms with E-state index in [9.17, 15) is 14.4 Å². The van der Waals surface area contributed by atoms with Gasteiger partial charge in [0.05, 0.1) is 26.3 Å². The Morgan fingerprint density at radius 2 is 1.73 bits per heavy atom. The summed E-state index contributed by atoms with van der Waals surface area (Å²) in [5.74, 6) is 0.572. The predicted molar refractivity (Wildman–Crippen MR) is 143 cm³/mol. The summed E-state index contributed by atoms with van der Waals surface area (Å²) in [5, 5.41) is 7.74. The summed E-state index contributed by atoms with van der Waals surface area (Å²) < 4.78 is 10.5. The molecule has 0 aliphatic heterocycles. The van der Waals surface area contributed by atoms with Crippen molar-refractivity contribution in [1.29, 1.82) is 0 Å². The van der Waals surface area contributed by atoms with Crippen LogP contribution in [0.4, 0.5) is 5.13 Å². The molecule has 3 aromatic rings. The summed E-state index contributed by atoms with van der Waals surface area (Å²) in [6, 6.07) is 14.3. The average molecular weight is 525 g/mol. The van der Waals surface area contributed by atoms with E-state index in [-0.39, 0.29) is 36.7 Å².